The predicted molar refractivity (Wildman–Crippen MR) is 72.2 cm³/mol. The van der Waals surface area contributed by atoms with Gasteiger partial charge in [0.1, 0.15) is 0 Å². The van der Waals surface area contributed by atoms with Crippen molar-refractivity contribution in [2.24, 2.45) is 5.92 Å². The van der Waals surface area contributed by atoms with E-state index < -0.39 is 0 Å². The number of carbonyl (C=O) groups is 1. The van der Waals surface area contributed by atoms with Crippen molar-refractivity contribution in [3.05, 3.63) is 0 Å². The molecule has 1 N–H and O–H groups in total. The van der Waals surface area contributed by atoms with E-state index in [0.29, 0.717) is 5.92 Å². The normalized spacial score (nSPS) is 17.3. The van der Waals surface area contributed by atoms with Gasteiger partial charge in [0, 0.05) is 18.8 Å². The second-order valence-corrected chi connectivity index (χ2v) is 5.96. The van der Waals surface area contributed by atoms with Crippen molar-refractivity contribution >= 4 is 29.3 Å². The van der Waals surface area contributed by atoms with Gasteiger partial charge >= 0.3 is 0 Å². The summed E-state index contributed by atoms with van der Waals surface area (Å²) < 4.78 is 0. The standard InChI is InChI=1S/C12H22ClNOS/c13-6-2-1-3-7-14-12(15)10-11-4-8-16-9-5-11/h11H,1-10H2,(H,14,15). The van der Waals surface area contributed by atoms with E-state index in [0.717, 1.165) is 38.1 Å². The zero-order valence-corrected chi connectivity index (χ0v) is 11.4. The maximum Gasteiger partial charge on any atom is 0.220 e. The van der Waals surface area contributed by atoms with E-state index in [1.54, 1.807) is 0 Å². The Hall–Kier alpha value is 0.110. The molecule has 0 saturated carbocycles. The van der Waals surface area contributed by atoms with Gasteiger partial charge in [-0.1, -0.05) is 6.42 Å². The molecule has 0 radical (unpaired) electrons. The van der Waals surface area contributed by atoms with Crippen molar-refractivity contribution in [1.82, 2.24) is 5.32 Å². The van der Waals surface area contributed by atoms with Crippen LogP contribution in [-0.4, -0.2) is 29.8 Å². The molecule has 2 nitrogen and oxygen atoms in total. The van der Waals surface area contributed by atoms with E-state index in [1.807, 2.05) is 11.8 Å². The summed E-state index contributed by atoms with van der Waals surface area (Å²) in [5.41, 5.74) is 0. The Morgan fingerprint density at radius 1 is 1.25 bits per heavy atom. The molecule has 0 aromatic rings. The van der Waals surface area contributed by atoms with Gasteiger partial charge in [0.25, 0.3) is 0 Å². The van der Waals surface area contributed by atoms with Crippen molar-refractivity contribution in [2.45, 2.75) is 38.5 Å². The third-order valence-corrected chi connectivity index (χ3v) is 4.26. The van der Waals surface area contributed by atoms with Crippen LogP contribution in [0, 0.1) is 5.92 Å². The lowest BCUT2D eigenvalue weighted by Crippen LogP contribution is -2.27. The number of nitrogens with one attached hydrogen (secondary N) is 1. The molecule has 0 spiro atoms. The minimum Gasteiger partial charge on any atom is -0.356 e. The van der Waals surface area contributed by atoms with Gasteiger partial charge in [-0.05, 0) is 43.1 Å². The fourth-order valence-corrected chi connectivity index (χ4v) is 3.30. The summed E-state index contributed by atoms with van der Waals surface area (Å²) in [5.74, 6) is 4.06. The molecule has 0 atom stereocenters. The van der Waals surface area contributed by atoms with Gasteiger partial charge in [-0.15, -0.1) is 11.6 Å². The fourth-order valence-electron chi connectivity index (χ4n) is 1.91. The van der Waals surface area contributed by atoms with E-state index in [9.17, 15) is 4.79 Å². The molecular formula is C12H22ClNOS. The van der Waals surface area contributed by atoms with E-state index in [-0.39, 0.29) is 5.91 Å². The lowest BCUT2D eigenvalue weighted by Gasteiger charge is -2.20. The number of unbranched alkanes of at least 4 members (excludes halogenated alkanes) is 2. The lowest BCUT2D eigenvalue weighted by atomic mass is 9.98. The minimum atomic E-state index is 0.239. The van der Waals surface area contributed by atoms with Gasteiger partial charge in [-0.2, -0.15) is 11.8 Å². The monoisotopic (exact) mass is 263 g/mol. The molecule has 1 amide bonds. The Kier molecular flexibility index (Phi) is 8.12. The van der Waals surface area contributed by atoms with Crippen molar-refractivity contribution in [1.29, 1.82) is 0 Å². The maximum absolute atomic E-state index is 11.6. The first-order valence-corrected chi connectivity index (χ1v) is 7.92. The average molecular weight is 264 g/mol. The summed E-state index contributed by atoms with van der Waals surface area (Å²) in [6, 6.07) is 0. The van der Waals surface area contributed by atoms with Gasteiger partial charge in [-0.25, -0.2) is 0 Å². The van der Waals surface area contributed by atoms with Crippen molar-refractivity contribution in [2.75, 3.05) is 23.9 Å². The summed E-state index contributed by atoms with van der Waals surface area (Å²) >= 11 is 7.59. The number of halogens is 1. The van der Waals surface area contributed by atoms with Crippen LogP contribution in [0.1, 0.15) is 38.5 Å². The molecule has 0 aliphatic carbocycles. The minimum absolute atomic E-state index is 0.239. The molecule has 1 fully saturated rings. The first kappa shape index (κ1) is 14.2. The molecule has 1 aliphatic heterocycles. The third kappa shape index (κ3) is 6.64. The summed E-state index contributed by atoms with van der Waals surface area (Å²) in [6.07, 6.45) is 6.38. The molecule has 1 rings (SSSR count). The van der Waals surface area contributed by atoms with Gasteiger partial charge in [0.15, 0.2) is 0 Å². The van der Waals surface area contributed by atoms with Gasteiger partial charge < -0.3 is 5.32 Å². The van der Waals surface area contributed by atoms with E-state index in [4.69, 9.17) is 11.6 Å². The molecule has 4 heteroatoms. The summed E-state index contributed by atoms with van der Waals surface area (Å²) in [5, 5.41) is 3.00. The van der Waals surface area contributed by atoms with E-state index in [2.05, 4.69) is 5.32 Å². The molecular weight excluding hydrogens is 242 g/mol. The first-order chi connectivity index (χ1) is 7.83. The van der Waals surface area contributed by atoms with E-state index in [1.165, 1.54) is 24.3 Å². The molecule has 1 aliphatic rings. The zero-order valence-electron chi connectivity index (χ0n) is 9.84. The zero-order chi connectivity index (χ0) is 11.6. The number of amides is 1. The summed E-state index contributed by atoms with van der Waals surface area (Å²) in [6.45, 7) is 0.817. The van der Waals surface area contributed by atoms with Crippen molar-refractivity contribution in [3.8, 4) is 0 Å². The quantitative estimate of drug-likeness (QED) is 0.565. The van der Waals surface area contributed by atoms with Crippen LogP contribution in [0.15, 0.2) is 0 Å². The van der Waals surface area contributed by atoms with Crippen LogP contribution in [0.3, 0.4) is 0 Å². The Balaban J connectivity index is 1.97. The Morgan fingerprint density at radius 3 is 2.69 bits per heavy atom. The molecule has 0 aromatic carbocycles. The molecule has 0 aromatic heterocycles. The second-order valence-electron chi connectivity index (χ2n) is 4.36. The van der Waals surface area contributed by atoms with Gasteiger partial charge in [0.2, 0.25) is 5.91 Å². The van der Waals surface area contributed by atoms with Crippen LogP contribution < -0.4 is 5.32 Å². The number of hydrogen-bond acceptors (Lipinski definition) is 2. The number of thioether (sulfide) groups is 1. The number of rotatable bonds is 7. The summed E-state index contributed by atoms with van der Waals surface area (Å²) in [7, 11) is 0. The molecule has 1 saturated heterocycles. The molecule has 1 heterocycles. The van der Waals surface area contributed by atoms with Gasteiger partial charge in [-0.3, -0.25) is 4.79 Å². The Morgan fingerprint density at radius 2 is 2.00 bits per heavy atom. The highest BCUT2D eigenvalue weighted by molar-refractivity contribution is 7.99. The molecule has 0 unspecified atom stereocenters. The average Bonchev–Trinajstić information content (AvgIpc) is 2.30. The first-order valence-electron chi connectivity index (χ1n) is 6.23. The highest BCUT2D eigenvalue weighted by Gasteiger charge is 2.16. The number of carbonyl (C=O) groups excluding carboxylic acids is 1. The Bertz CT molecular complexity index is 195. The topological polar surface area (TPSA) is 29.1 Å². The second kappa shape index (κ2) is 9.17. The van der Waals surface area contributed by atoms with Crippen LogP contribution in [0.5, 0.6) is 0 Å². The SMILES string of the molecule is O=C(CC1CCSCC1)NCCCCCCl. The highest BCUT2D eigenvalue weighted by atomic mass is 35.5. The number of alkyl halides is 1. The van der Waals surface area contributed by atoms with Gasteiger partial charge in [0.05, 0.1) is 0 Å². The largest absolute Gasteiger partial charge is 0.356 e. The third-order valence-electron chi connectivity index (χ3n) is 2.95. The smallest absolute Gasteiger partial charge is 0.220 e. The highest BCUT2D eigenvalue weighted by Crippen LogP contribution is 2.24. The lowest BCUT2D eigenvalue weighted by molar-refractivity contribution is -0.122. The summed E-state index contributed by atoms with van der Waals surface area (Å²) in [4.78, 5) is 11.6. The van der Waals surface area contributed by atoms with Crippen LogP contribution in [0.25, 0.3) is 0 Å². The molecule has 0 bridgehead atoms. The van der Waals surface area contributed by atoms with Crippen molar-refractivity contribution in [3.63, 3.8) is 0 Å². The van der Waals surface area contributed by atoms with Crippen LogP contribution in [0.4, 0.5) is 0 Å². The maximum atomic E-state index is 11.6. The molecule has 94 valence electrons. The predicted octanol–water partition coefficient (Wildman–Crippen LogP) is 3.05. The molecule has 16 heavy (non-hydrogen) atoms. The Labute approximate surface area is 108 Å². The fraction of sp³-hybridized carbons (Fsp3) is 0.917. The van der Waals surface area contributed by atoms with Crippen molar-refractivity contribution < 1.29 is 4.79 Å². The van der Waals surface area contributed by atoms with Crippen LogP contribution in [0.2, 0.25) is 0 Å². The van der Waals surface area contributed by atoms with Crippen LogP contribution in [-0.2, 0) is 4.79 Å². The van der Waals surface area contributed by atoms with Crippen LogP contribution >= 0.6 is 23.4 Å². The van der Waals surface area contributed by atoms with E-state index >= 15 is 0 Å². The number of hydrogen-bond donors (Lipinski definition) is 1.